The number of hydrogen-bond acceptors (Lipinski definition) is 4. The van der Waals surface area contributed by atoms with Gasteiger partial charge in [-0.05, 0) is 68.8 Å². The number of amides is 2. The lowest BCUT2D eigenvalue weighted by molar-refractivity contribution is -0.134. The van der Waals surface area contributed by atoms with Crippen LogP contribution in [-0.2, 0) is 11.2 Å². The normalized spacial score (nSPS) is 20.4. The van der Waals surface area contributed by atoms with Crippen LogP contribution in [0.4, 0.5) is 0 Å². The summed E-state index contributed by atoms with van der Waals surface area (Å²) >= 11 is 0. The van der Waals surface area contributed by atoms with Crippen LogP contribution in [-0.4, -0.2) is 54.9 Å². The third kappa shape index (κ3) is 5.01. The van der Waals surface area contributed by atoms with Crippen molar-refractivity contribution in [1.29, 1.82) is 0 Å². The van der Waals surface area contributed by atoms with E-state index in [1.807, 2.05) is 12.1 Å². The van der Waals surface area contributed by atoms with E-state index in [4.69, 9.17) is 0 Å². The minimum atomic E-state index is -0.155. The number of carbonyl (C=O) groups is 2. The highest BCUT2D eigenvalue weighted by Gasteiger charge is 2.35. The molecule has 1 aliphatic heterocycles. The Bertz CT molecular complexity index is 615. The Morgan fingerprint density at radius 2 is 2.16 bits per heavy atom. The van der Waals surface area contributed by atoms with Gasteiger partial charge in [0.15, 0.2) is 0 Å². The molecule has 1 aliphatic carbocycles. The molecule has 2 N–H and O–H groups in total. The lowest BCUT2D eigenvalue weighted by Gasteiger charge is -2.33. The number of hydrogen-bond donors (Lipinski definition) is 2. The van der Waals surface area contributed by atoms with Gasteiger partial charge in [-0.25, -0.2) is 0 Å². The van der Waals surface area contributed by atoms with Gasteiger partial charge in [-0.2, -0.15) is 0 Å². The number of rotatable bonds is 7. The van der Waals surface area contributed by atoms with Crippen molar-refractivity contribution in [2.24, 2.45) is 11.8 Å². The molecule has 0 spiro atoms. The van der Waals surface area contributed by atoms with Crippen LogP contribution in [0.3, 0.4) is 0 Å². The quantitative estimate of drug-likeness (QED) is 0.730. The van der Waals surface area contributed by atoms with Crippen molar-refractivity contribution >= 4 is 11.8 Å². The van der Waals surface area contributed by atoms with Crippen LogP contribution >= 0.6 is 0 Å². The first kappa shape index (κ1) is 17.9. The van der Waals surface area contributed by atoms with Crippen LogP contribution < -0.4 is 10.6 Å². The number of nitrogens with zero attached hydrogens (tertiary/aromatic N) is 2. The maximum atomic E-state index is 12.2. The number of aromatic nitrogens is 1. The summed E-state index contributed by atoms with van der Waals surface area (Å²) in [5, 5.41) is 6.11. The first-order valence-corrected chi connectivity index (χ1v) is 9.34. The first-order chi connectivity index (χ1) is 12.2. The summed E-state index contributed by atoms with van der Waals surface area (Å²) in [5.41, 5.74) is 1.57. The molecule has 1 aromatic rings. The second kappa shape index (κ2) is 8.43. The van der Waals surface area contributed by atoms with E-state index in [1.165, 1.54) is 6.42 Å². The molecule has 0 bridgehead atoms. The van der Waals surface area contributed by atoms with Crippen molar-refractivity contribution in [1.82, 2.24) is 20.5 Å². The summed E-state index contributed by atoms with van der Waals surface area (Å²) in [5.74, 6) is 1.10. The Labute approximate surface area is 149 Å². The van der Waals surface area contributed by atoms with Crippen molar-refractivity contribution < 1.29 is 9.59 Å². The van der Waals surface area contributed by atoms with Crippen molar-refractivity contribution in [3.05, 3.63) is 29.6 Å². The largest absolute Gasteiger partial charge is 0.354 e. The lowest BCUT2D eigenvalue weighted by Crippen LogP contribution is -2.43. The summed E-state index contributed by atoms with van der Waals surface area (Å²) in [4.78, 5) is 30.0. The van der Waals surface area contributed by atoms with E-state index in [-0.39, 0.29) is 5.91 Å². The maximum Gasteiger partial charge on any atom is 0.269 e. The van der Waals surface area contributed by atoms with Crippen LogP contribution in [0.1, 0.15) is 41.7 Å². The summed E-state index contributed by atoms with van der Waals surface area (Å²) in [6, 6.07) is 3.79. The molecule has 1 saturated heterocycles. The standard InChI is InChI=1S/C19H28N4O2/c1-20-18(24)17-11-14(7-9-22-17)6-8-21-12-15-3-2-10-23(13-15)19(25)16-4-5-16/h7,9,11,15-16,21H,2-6,8,10,12-13H2,1H3,(H,20,24). The number of piperidine rings is 1. The fourth-order valence-electron chi connectivity index (χ4n) is 3.44. The van der Waals surface area contributed by atoms with Gasteiger partial charge < -0.3 is 15.5 Å². The molecule has 1 unspecified atom stereocenters. The van der Waals surface area contributed by atoms with Crippen molar-refractivity contribution in [3.8, 4) is 0 Å². The third-order valence-corrected chi connectivity index (χ3v) is 5.06. The second-order valence-corrected chi connectivity index (χ2v) is 7.15. The highest BCUT2D eigenvalue weighted by atomic mass is 16.2. The van der Waals surface area contributed by atoms with E-state index in [0.29, 0.717) is 23.4 Å². The molecular weight excluding hydrogens is 316 g/mol. The van der Waals surface area contributed by atoms with E-state index in [1.54, 1.807) is 13.2 Å². The highest BCUT2D eigenvalue weighted by Crippen LogP contribution is 2.32. The molecule has 1 atom stereocenters. The average Bonchev–Trinajstić information content (AvgIpc) is 3.50. The lowest BCUT2D eigenvalue weighted by atomic mass is 9.97. The smallest absolute Gasteiger partial charge is 0.269 e. The SMILES string of the molecule is CNC(=O)c1cc(CCNCC2CCCN(C(=O)C3CC3)C2)ccn1. The molecule has 136 valence electrons. The molecule has 2 fully saturated rings. The van der Waals surface area contributed by atoms with Gasteiger partial charge in [0.1, 0.15) is 5.69 Å². The summed E-state index contributed by atoms with van der Waals surface area (Å²) in [6.45, 7) is 3.65. The molecule has 0 radical (unpaired) electrons. The summed E-state index contributed by atoms with van der Waals surface area (Å²) in [7, 11) is 1.61. The van der Waals surface area contributed by atoms with E-state index >= 15 is 0 Å². The van der Waals surface area contributed by atoms with Gasteiger partial charge in [-0.3, -0.25) is 14.6 Å². The molecule has 2 amide bonds. The van der Waals surface area contributed by atoms with Gasteiger partial charge in [0.05, 0.1) is 0 Å². The maximum absolute atomic E-state index is 12.2. The van der Waals surface area contributed by atoms with Gasteiger partial charge in [0, 0.05) is 32.3 Å². The molecule has 25 heavy (non-hydrogen) atoms. The number of nitrogens with one attached hydrogen (secondary N) is 2. The van der Waals surface area contributed by atoms with Crippen molar-refractivity contribution in [2.45, 2.75) is 32.1 Å². The van der Waals surface area contributed by atoms with Crippen LogP contribution in [0.25, 0.3) is 0 Å². The summed E-state index contributed by atoms with van der Waals surface area (Å²) < 4.78 is 0. The molecule has 1 aromatic heterocycles. The van der Waals surface area contributed by atoms with E-state index in [9.17, 15) is 9.59 Å². The van der Waals surface area contributed by atoms with Gasteiger partial charge in [0.25, 0.3) is 5.91 Å². The molecule has 6 heteroatoms. The molecule has 2 heterocycles. The predicted octanol–water partition coefficient (Wildman–Crippen LogP) is 1.22. The Kier molecular flexibility index (Phi) is 6.02. The topological polar surface area (TPSA) is 74.3 Å². The van der Waals surface area contributed by atoms with Crippen LogP contribution in [0.5, 0.6) is 0 Å². The number of pyridine rings is 1. The van der Waals surface area contributed by atoms with Gasteiger partial charge in [-0.15, -0.1) is 0 Å². The Morgan fingerprint density at radius 3 is 2.92 bits per heavy atom. The van der Waals surface area contributed by atoms with Gasteiger partial charge >= 0.3 is 0 Å². The Balaban J connectivity index is 1.39. The Morgan fingerprint density at radius 1 is 1.32 bits per heavy atom. The number of likely N-dealkylation sites (tertiary alicyclic amines) is 1. The fourth-order valence-corrected chi connectivity index (χ4v) is 3.44. The van der Waals surface area contributed by atoms with Crippen LogP contribution in [0, 0.1) is 11.8 Å². The molecule has 3 rings (SSSR count). The molecule has 1 saturated carbocycles. The van der Waals surface area contributed by atoms with Crippen molar-refractivity contribution in [3.63, 3.8) is 0 Å². The molecule has 0 aromatic carbocycles. The first-order valence-electron chi connectivity index (χ1n) is 9.34. The second-order valence-electron chi connectivity index (χ2n) is 7.15. The average molecular weight is 344 g/mol. The molecule has 6 nitrogen and oxygen atoms in total. The fraction of sp³-hybridized carbons (Fsp3) is 0.632. The zero-order valence-corrected chi connectivity index (χ0v) is 15.0. The van der Waals surface area contributed by atoms with Gasteiger partial charge in [-0.1, -0.05) is 0 Å². The van der Waals surface area contributed by atoms with Crippen LogP contribution in [0.2, 0.25) is 0 Å². The van der Waals surface area contributed by atoms with Crippen molar-refractivity contribution in [2.75, 3.05) is 33.2 Å². The zero-order chi connectivity index (χ0) is 17.6. The number of carbonyl (C=O) groups excluding carboxylic acids is 2. The third-order valence-electron chi connectivity index (χ3n) is 5.06. The molecule has 2 aliphatic rings. The minimum Gasteiger partial charge on any atom is -0.354 e. The highest BCUT2D eigenvalue weighted by molar-refractivity contribution is 5.92. The summed E-state index contributed by atoms with van der Waals surface area (Å²) in [6.07, 6.45) is 7.03. The Hall–Kier alpha value is -1.95. The van der Waals surface area contributed by atoms with E-state index < -0.39 is 0 Å². The molecular formula is C19H28N4O2. The zero-order valence-electron chi connectivity index (χ0n) is 15.0. The van der Waals surface area contributed by atoms with E-state index in [0.717, 1.165) is 57.4 Å². The van der Waals surface area contributed by atoms with Gasteiger partial charge in [0.2, 0.25) is 5.91 Å². The predicted molar refractivity (Wildman–Crippen MR) is 96.2 cm³/mol. The minimum absolute atomic E-state index is 0.155. The van der Waals surface area contributed by atoms with Crippen LogP contribution in [0.15, 0.2) is 18.3 Å². The monoisotopic (exact) mass is 344 g/mol. The van der Waals surface area contributed by atoms with E-state index in [2.05, 4.69) is 20.5 Å².